The molecule has 1 heterocycles. The normalized spacial score (nSPS) is 13.2. The lowest BCUT2D eigenvalue weighted by Crippen LogP contribution is -2.51. The number of carbonyl (C=O) groups is 2. The van der Waals surface area contributed by atoms with Gasteiger partial charge in [-0.3, -0.25) is 13.9 Å². The van der Waals surface area contributed by atoms with Crippen molar-refractivity contribution in [2.45, 2.75) is 44.2 Å². The Labute approximate surface area is 239 Å². The average Bonchev–Trinajstić information content (AvgIpc) is 2.99. The van der Waals surface area contributed by atoms with Crippen molar-refractivity contribution in [2.24, 2.45) is 0 Å². The highest BCUT2D eigenvalue weighted by molar-refractivity contribution is 7.92. The van der Waals surface area contributed by atoms with Gasteiger partial charge in [-0.05, 0) is 55.3 Å². The number of carbonyl (C=O) groups excluding carboxylic acids is 2. The van der Waals surface area contributed by atoms with Gasteiger partial charge in [0.05, 0.1) is 10.6 Å². The van der Waals surface area contributed by atoms with E-state index in [1.807, 2.05) is 37.3 Å². The van der Waals surface area contributed by atoms with Crippen LogP contribution in [0.15, 0.2) is 77.7 Å². The van der Waals surface area contributed by atoms with E-state index in [2.05, 4.69) is 5.32 Å². The van der Waals surface area contributed by atoms with E-state index in [1.54, 1.807) is 6.92 Å². The molecule has 1 unspecified atom stereocenters. The first-order valence-electron chi connectivity index (χ1n) is 13.5. The Bertz CT molecular complexity index is 1450. The maximum atomic E-state index is 14.0. The molecule has 3 aromatic carbocycles. The van der Waals surface area contributed by atoms with Crippen LogP contribution >= 0.6 is 0 Å². The number of rotatable bonds is 12. The Kier molecular flexibility index (Phi) is 9.82. The van der Waals surface area contributed by atoms with Crippen LogP contribution in [-0.4, -0.2) is 57.5 Å². The second-order valence-corrected chi connectivity index (χ2v) is 11.5. The van der Waals surface area contributed by atoms with Gasteiger partial charge in [-0.25, -0.2) is 12.8 Å². The standard InChI is InChI=1S/C30H34FN3O6S/c1-3-4-16-32-30(36)22(2)33(20-23-8-6-5-7-9-23)29(35)21-34(25-12-10-24(31)11-13-25)41(37,38)26-14-15-27-28(19-26)40-18-17-39-27/h5-15,19,22H,3-4,16-18,20-21H2,1-2H3,(H,32,36). The van der Waals surface area contributed by atoms with Gasteiger partial charge in [0.2, 0.25) is 11.8 Å². The minimum absolute atomic E-state index is 0.0867. The average molecular weight is 584 g/mol. The number of anilines is 1. The van der Waals surface area contributed by atoms with Crippen molar-refractivity contribution >= 4 is 27.5 Å². The van der Waals surface area contributed by atoms with Crippen molar-refractivity contribution in [3.05, 3.63) is 84.2 Å². The maximum Gasteiger partial charge on any atom is 0.264 e. The van der Waals surface area contributed by atoms with Crippen LogP contribution in [0, 0.1) is 5.82 Å². The van der Waals surface area contributed by atoms with Crippen LogP contribution in [0.3, 0.4) is 0 Å². The van der Waals surface area contributed by atoms with Crippen molar-refractivity contribution < 1.29 is 31.9 Å². The van der Waals surface area contributed by atoms with E-state index in [1.165, 1.54) is 35.2 Å². The summed E-state index contributed by atoms with van der Waals surface area (Å²) in [5.41, 5.74) is 0.867. The van der Waals surface area contributed by atoms with Crippen LogP contribution in [0.1, 0.15) is 32.3 Å². The fourth-order valence-corrected chi connectivity index (χ4v) is 5.78. The smallest absolute Gasteiger partial charge is 0.264 e. The van der Waals surface area contributed by atoms with Gasteiger partial charge in [-0.1, -0.05) is 43.7 Å². The predicted molar refractivity (Wildman–Crippen MR) is 153 cm³/mol. The Morgan fingerprint density at radius 3 is 2.34 bits per heavy atom. The van der Waals surface area contributed by atoms with E-state index < -0.39 is 34.3 Å². The number of halogens is 1. The molecule has 9 nitrogen and oxygen atoms in total. The van der Waals surface area contributed by atoms with Crippen LogP contribution in [0.2, 0.25) is 0 Å². The van der Waals surface area contributed by atoms with E-state index >= 15 is 0 Å². The highest BCUT2D eigenvalue weighted by Gasteiger charge is 2.33. The number of hydrogen-bond acceptors (Lipinski definition) is 6. The monoisotopic (exact) mass is 583 g/mol. The molecule has 41 heavy (non-hydrogen) atoms. The number of unbranched alkanes of at least 4 members (excludes halogenated alkanes) is 1. The summed E-state index contributed by atoms with van der Waals surface area (Å²) in [6.45, 7) is 4.16. The van der Waals surface area contributed by atoms with E-state index in [-0.39, 0.29) is 35.4 Å². The van der Waals surface area contributed by atoms with Gasteiger partial charge in [-0.2, -0.15) is 0 Å². The molecule has 0 aromatic heterocycles. The van der Waals surface area contributed by atoms with Crippen LogP contribution in [0.5, 0.6) is 11.5 Å². The third-order valence-electron chi connectivity index (χ3n) is 6.69. The molecule has 0 saturated carbocycles. The fraction of sp³-hybridized carbons (Fsp3) is 0.333. The van der Waals surface area contributed by atoms with Crippen LogP contribution in [0.4, 0.5) is 10.1 Å². The molecule has 1 N–H and O–H groups in total. The first-order chi connectivity index (χ1) is 19.7. The first-order valence-corrected chi connectivity index (χ1v) is 14.9. The fourth-order valence-electron chi connectivity index (χ4n) is 4.35. The summed E-state index contributed by atoms with van der Waals surface area (Å²) in [5.74, 6) is -0.814. The van der Waals surface area contributed by atoms with Crippen molar-refractivity contribution in [1.29, 1.82) is 0 Å². The van der Waals surface area contributed by atoms with Crippen molar-refractivity contribution in [2.75, 3.05) is 30.6 Å². The minimum atomic E-state index is -4.34. The summed E-state index contributed by atoms with van der Waals surface area (Å²) < 4.78 is 53.8. The number of nitrogens with zero attached hydrogens (tertiary/aromatic N) is 2. The number of ether oxygens (including phenoxy) is 2. The molecule has 2 amide bonds. The molecule has 1 atom stereocenters. The van der Waals surface area contributed by atoms with Gasteiger partial charge in [-0.15, -0.1) is 0 Å². The van der Waals surface area contributed by atoms with Gasteiger partial charge >= 0.3 is 0 Å². The molecule has 1 aliphatic rings. The summed E-state index contributed by atoms with van der Waals surface area (Å²) >= 11 is 0. The number of hydrogen-bond donors (Lipinski definition) is 1. The minimum Gasteiger partial charge on any atom is -0.486 e. The molecular weight excluding hydrogens is 549 g/mol. The van der Waals surface area contributed by atoms with E-state index in [0.717, 1.165) is 34.8 Å². The third kappa shape index (κ3) is 7.35. The molecule has 0 radical (unpaired) electrons. The molecular formula is C30H34FN3O6S. The van der Waals surface area contributed by atoms with Gasteiger partial charge in [0.25, 0.3) is 10.0 Å². The summed E-state index contributed by atoms with van der Waals surface area (Å²) in [4.78, 5) is 28.1. The Hall–Kier alpha value is -4.12. The van der Waals surface area contributed by atoms with Crippen LogP contribution in [-0.2, 0) is 26.2 Å². The lowest BCUT2D eigenvalue weighted by Gasteiger charge is -2.32. The molecule has 3 aromatic rings. The van der Waals surface area contributed by atoms with Gasteiger partial charge < -0.3 is 19.7 Å². The molecule has 218 valence electrons. The number of amides is 2. The topological polar surface area (TPSA) is 105 Å². The molecule has 0 spiro atoms. The van der Waals surface area contributed by atoms with Crippen LogP contribution < -0.4 is 19.1 Å². The molecule has 0 fully saturated rings. The van der Waals surface area contributed by atoms with Gasteiger partial charge in [0, 0.05) is 19.2 Å². The zero-order chi connectivity index (χ0) is 29.4. The van der Waals surface area contributed by atoms with Gasteiger partial charge in [0.1, 0.15) is 31.6 Å². The zero-order valence-corrected chi connectivity index (χ0v) is 23.9. The van der Waals surface area contributed by atoms with Gasteiger partial charge in [0.15, 0.2) is 11.5 Å². The van der Waals surface area contributed by atoms with Crippen molar-refractivity contribution in [3.8, 4) is 11.5 Å². The van der Waals surface area contributed by atoms with Crippen molar-refractivity contribution in [1.82, 2.24) is 10.2 Å². The van der Waals surface area contributed by atoms with E-state index in [4.69, 9.17) is 9.47 Å². The molecule has 11 heteroatoms. The maximum absolute atomic E-state index is 14.0. The Morgan fingerprint density at radius 1 is 0.976 bits per heavy atom. The number of sulfonamides is 1. The highest BCUT2D eigenvalue weighted by Crippen LogP contribution is 2.34. The number of nitrogens with one attached hydrogen (secondary N) is 1. The van der Waals surface area contributed by atoms with Crippen molar-refractivity contribution in [3.63, 3.8) is 0 Å². The lowest BCUT2D eigenvalue weighted by atomic mass is 10.1. The predicted octanol–water partition coefficient (Wildman–Crippen LogP) is 4.13. The molecule has 4 rings (SSSR count). The highest BCUT2D eigenvalue weighted by atomic mass is 32.2. The summed E-state index contributed by atoms with van der Waals surface area (Å²) in [6.07, 6.45) is 1.68. The summed E-state index contributed by atoms with van der Waals surface area (Å²) in [5, 5.41) is 2.85. The summed E-state index contributed by atoms with van der Waals surface area (Å²) in [7, 11) is -4.34. The molecule has 0 bridgehead atoms. The molecule has 0 saturated heterocycles. The van der Waals surface area contributed by atoms with Crippen LogP contribution in [0.25, 0.3) is 0 Å². The zero-order valence-electron chi connectivity index (χ0n) is 23.1. The van der Waals surface area contributed by atoms with E-state index in [0.29, 0.717) is 18.9 Å². The second-order valence-electron chi connectivity index (χ2n) is 9.62. The quantitative estimate of drug-likeness (QED) is 0.322. The number of benzene rings is 3. The largest absolute Gasteiger partial charge is 0.486 e. The third-order valence-corrected chi connectivity index (χ3v) is 8.46. The summed E-state index contributed by atoms with van der Waals surface area (Å²) in [6, 6.07) is 17.3. The Morgan fingerprint density at radius 2 is 1.66 bits per heavy atom. The first kappa shape index (κ1) is 29.9. The molecule has 0 aliphatic carbocycles. The number of fused-ring (bicyclic) bond motifs is 1. The Balaban J connectivity index is 1.68. The molecule has 1 aliphatic heterocycles. The SMILES string of the molecule is CCCCNC(=O)C(C)N(Cc1ccccc1)C(=O)CN(c1ccc(F)cc1)S(=O)(=O)c1ccc2c(c1)OCCO2. The second kappa shape index (κ2) is 13.5. The van der Waals surface area contributed by atoms with E-state index in [9.17, 15) is 22.4 Å². The lowest BCUT2D eigenvalue weighted by molar-refractivity contribution is -0.139.